The molecule has 1 fully saturated rings. The molecule has 0 amide bonds. The Morgan fingerprint density at radius 1 is 1.27 bits per heavy atom. The van der Waals surface area contributed by atoms with Crippen molar-refractivity contribution in [3.8, 4) is 0 Å². The lowest BCUT2D eigenvalue weighted by Gasteiger charge is -2.35. The van der Waals surface area contributed by atoms with Crippen LogP contribution in [0.15, 0.2) is 0 Å². The summed E-state index contributed by atoms with van der Waals surface area (Å²) in [5.74, 6) is 0. The van der Waals surface area contributed by atoms with Crippen molar-refractivity contribution in [3.05, 3.63) is 0 Å². The van der Waals surface area contributed by atoms with E-state index < -0.39 is 0 Å². The molecule has 0 spiro atoms. The second kappa shape index (κ2) is 3.55. The van der Waals surface area contributed by atoms with Crippen molar-refractivity contribution in [1.82, 2.24) is 5.32 Å². The van der Waals surface area contributed by atoms with Crippen LogP contribution in [0.25, 0.3) is 0 Å². The first kappa shape index (κ1) is 9.01. The van der Waals surface area contributed by atoms with Crippen LogP contribution in [0.4, 0.5) is 0 Å². The summed E-state index contributed by atoms with van der Waals surface area (Å²) >= 11 is 0. The third-order valence-electron chi connectivity index (χ3n) is 2.51. The molecule has 66 valence electrons. The lowest BCUT2D eigenvalue weighted by molar-refractivity contribution is 0.0943. The molecule has 0 aromatic carbocycles. The van der Waals surface area contributed by atoms with Crippen LogP contribution in [0.3, 0.4) is 0 Å². The van der Waals surface area contributed by atoms with Gasteiger partial charge in [-0.3, -0.25) is 5.32 Å². The number of hydrogen-bond donors (Lipinski definition) is 2. The average molecular weight is 157 g/mol. The molecule has 1 saturated carbocycles. The summed E-state index contributed by atoms with van der Waals surface area (Å²) in [5.41, 5.74) is 0.201. The van der Waals surface area contributed by atoms with Gasteiger partial charge in [0.25, 0.3) is 0 Å². The minimum absolute atomic E-state index is 0.201. The zero-order chi connectivity index (χ0) is 8.32. The Kier molecular flexibility index (Phi) is 2.90. The van der Waals surface area contributed by atoms with Crippen LogP contribution >= 0.6 is 0 Å². The smallest absolute Gasteiger partial charge is 0.102 e. The SMILES string of the molecule is CC(O)NC1(C)CCCCC1. The van der Waals surface area contributed by atoms with Gasteiger partial charge in [-0.2, -0.15) is 0 Å². The van der Waals surface area contributed by atoms with E-state index in [2.05, 4.69) is 12.2 Å². The van der Waals surface area contributed by atoms with Gasteiger partial charge in [0, 0.05) is 5.54 Å². The van der Waals surface area contributed by atoms with Gasteiger partial charge in [-0.1, -0.05) is 19.3 Å². The number of rotatable bonds is 2. The van der Waals surface area contributed by atoms with Crippen molar-refractivity contribution < 1.29 is 5.11 Å². The summed E-state index contributed by atoms with van der Waals surface area (Å²) in [6, 6.07) is 0. The number of nitrogens with one attached hydrogen (secondary N) is 1. The van der Waals surface area contributed by atoms with Gasteiger partial charge in [0.05, 0.1) is 0 Å². The first-order valence-corrected chi connectivity index (χ1v) is 4.58. The summed E-state index contributed by atoms with van der Waals surface area (Å²) in [5, 5.41) is 12.4. The number of aliphatic hydroxyl groups excluding tert-OH is 1. The Morgan fingerprint density at radius 3 is 2.27 bits per heavy atom. The molecule has 11 heavy (non-hydrogen) atoms. The van der Waals surface area contributed by atoms with E-state index in [1.807, 2.05) is 0 Å². The second-order valence-electron chi connectivity index (χ2n) is 3.94. The van der Waals surface area contributed by atoms with E-state index in [-0.39, 0.29) is 11.8 Å². The molecule has 1 rings (SSSR count). The maximum atomic E-state index is 9.16. The van der Waals surface area contributed by atoms with E-state index in [0.717, 1.165) is 0 Å². The van der Waals surface area contributed by atoms with Crippen LogP contribution in [0.2, 0.25) is 0 Å². The van der Waals surface area contributed by atoms with Gasteiger partial charge >= 0.3 is 0 Å². The maximum absolute atomic E-state index is 9.16. The predicted octanol–water partition coefficient (Wildman–Crippen LogP) is 1.64. The highest BCUT2D eigenvalue weighted by atomic mass is 16.3. The molecule has 2 heteroatoms. The second-order valence-corrected chi connectivity index (χ2v) is 3.94. The van der Waals surface area contributed by atoms with Crippen molar-refractivity contribution in [1.29, 1.82) is 0 Å². The van der Waals surface area contributed by atoms with E-state index in [9.17, 15) is 0 Å². The predicted molar refractivity (Wildman–Crippen MR) is 46.3 cm³/mol. The molecule has 0 aromatic rings. The van der Waals surface area contributed by atoms with Gasteiger partial charge in [0.1, 0.15) is 6.23 Å². The normalized spacial score (nSPS) is 26.5. The molecular weight excluding hydrogens is 138 g/mol. The van der Waals surface area contributed by atoms with Gasteiger partial charge < -0.3 is 5.11 Å². The van der Waals surface area contributed by atoms with Crippen LogP contribution in [-0.2, 0) is 0 Å². The van der Waals surface area contributed by atoms with Crippen molar-refractivity contribution in [2.24, 2.45) is 0 Å². The Labute approximate surface area is 69.0 Å². The zero-order valence-electron chi connectivity index (χ0n) is 7.56. The lowest BCUT2D eigenvalue weighted by atomic mass is 9.83. The molecule has 0 aliphatic heterocycles. The van der Waals surface area contributed by atoms with Crippen molar-refractivity contribution in [2.45, 2.75) is 57.7 Å². The fourth-order valence-electron chi connectivity index (χ4n) is 1.98. The quantitative estimate of drug-likeness (QED) is 0.597. The molecule has 2 nitrogen and oxygen atoms in total. The van der Waals surface area contributed by atoms with Crippen LogP contribution in [0, 0.1) is 0 Å². The van der Waals surface area contributed by atoms with Crippen molar-refractivity contribution >= 4 is 0 Å². The fraction of sp³-hybridized carbons (Fsp3) is 1.00. The fourth-order valence-corrected chi connectivity index (χ4v) is 1.98. The van der Waals surface area contributed by atoms with E-state index in [1.54, 1.807) is 6.92 Å². The number of hydrogen-bond acceptors (Lipinski definition) is 2. The standard InChI is InChI=1S/C9H19NO/c1-8(11)10-9(2)6-4-3-5-7-9/h8,10-11H,3-7H2,1-2H3. The van der Waals surface area contributed by atoms with E-state index in [1.165, 1.54) is 32.1 Å². The summed E-state index contributed by atoms with van der Waals surface area (Å²) in [4.78, 5) is 0. The van der Waals surface area contributed by atoms with Gasteiger partial charge in [-0.15, -0.1) is 0 Å². The molecule has 1 unspecified atom stereocenters. The molecule has 1 aliphatic rings. The Hall–Kier alpha value is -0.0800. The molecule has 0 radical (unpaired) electrons. The highest BCUT2D eigenvalue weighted by Gasteiger charge is 2.26. The maximum Gasteiger partial charge on any atom is 0.102 e. The average Bonchev–Trinajstić information content (AvgIpc) is 1.85. The highest BCUT2D eigenvalue weighted by Crippen LogP contribution is 2.27. The molecule has 0 saturated heterocycles. The van der Waals surface area contributed by atoms with Crippen molar-refractivity contribution in [3.63, 3.8) is 0 Å². The molecule has 2 N–H and O–H groups in total. The molecule has 0 bridgehead atoms. The van der Waals surface area contributed by atoms with Gasteiger partial charge in [-0.25, -0.2) is 0 Å². The van der Waals surface area contributed by atoms with Gasteiger partial charge in [0.15, 0.2) is 0 Å². The van der Waals surface area contributed by atoms with E-state index in [0.29, 0.717) is 0 Å². The zero-order valence-corrected chi connectivity index (χ0v) is 7.56. The molecule has 1 aliphatic carbocycles. The molecule has 1 atom stereocenters. The minimum atomic E-state index is -0.363. The van der Waals surface area contributed by atoms with Crippen LogP contribution < -0.4 is 5.32 Å². The first-order valence-electron chi connectivity index (χ1n) is 4.58. The third kappa shape index (κ3) is 2.80. The van der Waals surface area contributed by atoms with Crippen molar-refractivity contribution in [2.75, 3.05) is 0 Å². The molecular formula is C9H19NO. The molecule has 0 aromatic heterocycles. The Balaban J connectivity index is 2.37. The Bertz CT molecular complexity index is 117. The third-order valence-corrected chi connectivity index (χ3v) is 2.51. The van der Waals surface area contributed by atoms with Gasteiger partial charge in [0.2, 0.25) is 0 Å². The highest BCUT2D eigenvalue weighted by molar-refractivity contribution is 4.86. The summed E-state index contributed by atoms with van der Waals surface area (Å²) in [6.45, 7) is 4.00. The van der Waals surface area contributed by atoms with E-state index >= 15 is 0 Å². The minimum Gasteiger partial charge on any atom is -0.379 e. The van der Waals surface area contributed by atoms with Gasteiger partial charge in [-0.05, 0) is 26.7 Å². The lowest BCUT2D eigenvalue weighted by Crippen LogP contribution is -2.48. The summed E-state index contributed by atoms with van der Waals surface area (Å²) in [7, 11) is 0. The van der Waals surface area contributed by atoms with Crippen LogP contribution in [0.5, 0.6) is 0 Å². The van der Waals surface area contributed by atoms with Crippen LogP contribution in [0.1, 0.15) is 46.0 Å². The molecule has 0 heterocycles. The Morgan fingerprint density at radius 2 is 1.82 bits per heavy atom. The monoisotopic (exact) mass is 157 g/mol. The van der Waals surface area contributed by atoms with Crippen LogP contribution in [-0.4, -0.2) is 16.9 Å². The summed E-state index contributed by atoms with van der Waals surface area (Å²) in [6.07, 6.45) is 6.01. The first-order chi connectivity index (χ1) is 5.12. The topological polar surface area (TPSA) is 32.3 Å². The summed E-state index contributed by atoms with van der Waals surface area (Å²) < 4.78 is 0. The number of aliphatic hydroxyl groups is 1. The largest absolute Gasteiger partial charge is 0.379 e. The van der Waals surface area contributed by atoms with E-state index in [4.69, 9.17) is 5.11 Å².